The Bertz CT molecular complexity index is 98.6. The van der Waals surface area contributed by atoms with Crippen molar-refractivity contribution >= 4 is 0 Å². The molecule has 0 aromatic carbocycles. The quantitative estimate of drug-likeness (QED) is 0.281. The van der Waals surface area contributed by atoms with Crippen LogP contribution in [0.15, 0.2) is 0 Å². The van der Waals surface area contributed by atoms with Crippen LogP contribution in [0, 0.1) is 0 Å². The van der Waals surface area contributed by atoms with Gasteiger partial charge in [0.25, 0.3) is 0 Å². The first kappa shape index (κ1) is 11.8. The topological polar surface area (TPSA) is 98.7 Å². The molecule has 0 heterocycles. The van der Waals surface area contributed by atoms with Gasteiger partial charge in [0.05, 0.1) is 25.4 Å². The third-order valence-electron chi connectivity index (χ3n) is 1.79. The van der Waals surface area contributed by atoms with Gasteiger partial charge in [0.1, 0.15) is 0 Å². The lowest BCUT2D eigenvalue weighted by atomic mass is 10.0. The molecule has 0 unspecified atom stereocenters. The molecule has 12 heavy (non-hydrogen) atoms. The number of hydrogen-bond donors (Lipinski definition) is 5. The van der Waals surface area contributed by atoms with Gasteiger partial charge >= 0.3 is 0 Å². The van der Waals surface area contributed by atoms with E-state index in [-0.39, 0.29) is 19.8 Å². The highest BCUT2D eigenvalue weighted by Crippen LogP contribution is 2.00. The van der Waals surface area contributed by atoms with E-state index < -0.39 is 5.54 Å². The highest BCUT2D eigenvalue weighted by molar-refractivity contribution is 4.85. The molecule has 0 atom stereocenters. The molecule has 0 radical (unpaired) electrons. The molecule has 0 aliphatic heterocycles. The molecule has 0 fully saturated rings. The van der Waals surface area contributed by atoms with Crippen LogP contribution in [0.3, 0.4) is 0 Å². The Morgan fingerprint density at radius 1 is 1.08 bits per heavy atom. The van der Waals surface area contributed by atoms with E-state index in [1.807, 2.05) is 0 Å². The summed E-state index contributed by atoms with van der Waals surface area (Å²) in [5.74, 6) is 0. The number of nitrogens with one attached hydrogen (secondary N) is 1. The first-order valence-electron chi connectivity index (χ1n) is 4.02. The van der Waals surface area contributed by atoms with E-state index in [1.165, 1.54) is 0 Å². The zero-order chi connectivity index (χ0) is 9.45. The summed E-state index contributed by atoms with van der Waals surface area (Å²) in [5.41, 5.74) is 4.29. The van der Waals surface area contributed by atoms with Crippen LogP contribution in [-0.2, 0) is 0 Å². The van der Waals surface area contributed by atoms with Crippen LogP contribution in [0.25, 0.3) is 0 Å². The second-order valence-electron chi connectivity index (χ2n) is 2.82. The van der Waals surface area contributed by atoms with Gasteiger partial charge in [0.15, 0.2) is 0 Å². The van der Waals surface area contributed by atoms with Crippen molar-refractivity contribution in [2.45, 2.75) is 12.0 Å². The Hall–Kier alpha value is -0.200. The van der Waals surface area contributed by atoms with Crippen molar-refractivity contribution in [3.05, 3.63) is 0 Å². The molecular formula is C7H18N2O3. The Morgan fingerprint density at radius 2 is 1.58 bits per heavy atom. The van der Waals surface area contributed by atoms with Gasteiger partial charge in [-0.2, -0.15) is 0 Å². The van der Waals surface area contributed by atoms with Crippen LogP contribution in [0.4, 0.5) is 0 Å². The molecule has 74 valence electrons. The number of aliphatic hydroxyl groups is 3. The largest absolute Gasteiger partial charge is 0.394 e. The van der Waals surface area contributed by atoms with Gasteiger partial charge in [-0.25, -0.2) is 0 Å². The zero-order valence-electron chi connectivity index (χ0n) is 7.16. The fourth-order valence-electron chi connectivity index (χ4n) is 0.773. The van der Waals surface area contributed by atoms with Crippen molar-refractivity contribution in [2.75, 3.05) is 32.9 Å². The summed E-state index contributed by atoms with van der Waals surface area (Å²) >= 11 is 0. The molecule has 0 bridgehead atoms. The minimum absolute atomic E-state index is 0.287. The molecule has 0 aliphatic carbocycles. The third kappa shape index (κ3) is 3.46. The zero-order valence-corrected chi connectivity index (χ0v) is 7.16. The second kappa shape index (κ2) is 6.33. The van der Waals surface area contributed by atoms with Crippen molar-refractivity contribution in [3.63, 3.8) is 0 Å². The SMILES string of the molecule is NCCCNC(CO)(CO)CO. The Labute approximate surface area is 72.2 Å². The summed E-state index contributed by atoms with van der Waals surface area (Å²) in [6.07, 6.45) is 0.752. The van der Waals surface area contributed by atoms with E-state index >= 15 is 0 Å². The fourth-order valence-corrected chi connectivity index (χ4v) is 0.773. The summed E-state index contributed by atoms with van der Waals surface area (Å²) in [5, 5.41) is 29.4. The highest BCUT2D eigenvalue weighted by atomic mass is 16.3. The number of rotatable bonds is 7. The maximum Gasteiger partial charge on any atom is 0.0881 e. The average Bonchev–Trinajstić information content (AvgIpc) is 2.14. The van der Waals surface area contributed by atoms with Crippen LogP contribution < -0.4 is 11.1 Å². The lowest BCUT2D eigenvalue weighted by molar-refractivity contribution is 0.0428. The smallest absolute Gasteiger partial charge is 0.0881 e. The third-order valence-corrected chi connectivity index (χ3v) is 1.79. The fraction of sp³-hybridized carbons (Fsp3) is 1.00. The molecule has 0 saturated carbocycles. The summed E-state index contributed by atoms with van der Waals surface area (Å²) < 4.78 is 0. The Balaban J connectivity index is 3.76. The normalized spacial score (nSPS) is 12.0. The summed E-state index contributed by atoms with van der Waals surface area (Å²) in [6.45, 7) is 0.267. The van der Waals surface area contributed by atoms with Crippen molar-refractivity contribution in [1.82, 2.24) is 5.32 Å². The molecule has 0 aromatic rings. The predicted octanol–water partition coefficient (Wildman–Crippen LogP) is -2.36. The van der Waals surface area contributed by atoms with E-state index in [2.05, 4.69) is 5.32 Å². The summed E-state index contributed by atoms with van der Waals surface area (Å²) in [6, 6.07) is 0. The molecule has 0 saturated heterocycles. The Morgan fingerprint density at radius 3 is 1.92 bits per heavy atom. The molecule has 0 amide bonds. The van der Waals surface area contributed by atoms with Gasteiger partial charge in [-0.1, -0.05) is 0 Å². The van der Waals surface area contributed by atoms with Crippen LogP contribution in [-0.4, -0.2) is 53.8 Å². The molecule has 0 aromatic heterocycles. The lowest BCUT2D eigenvalue weighted by Gasteiger charge is -2.28. The highest BCUT2D eigenvalue weighted by Gasteiger charge is 2.26. The van der Waals surface area contributed by atoms with Gasteiger partial charge in [-0.3, -0.25) is 0 Å². The van der Waals surface area contributed by atoms with Crippen LogP contribution in [0.5, 0.6) is 0 Å². The maximum absolute atomic E-state index is 8.86. The standard InChI is InChI=1S/C7H18N2O3/c8-2-1-3-9-7(4-10,5-11)6-12/h9-12H,1-6,8H2. The second-order valence-corrected chi connectivity index (χ2v) is 2.82. The number of aliphatic hydroxyl groups excluding tert-OH is 3. The van der Waals surface area contributed by atoms with Crippen molar-refractivity contribution in [1.29, 1.82) is 0 Å². The van der Waals surface area contributed by atoms with Gasteiger partial charge in [-0.15, -0.1) is 0 Å². The minimum Gasteiger partial charge on any atom is -0.394 e. The molecular weight excluding hydrogens is 160 g/mol. The van der Waals surface area contributed by atoms with Crippen LogP contribution in [0.1, 0.15) is 6.42 Å². The molecule has 0 spiro atoms. The van der Waals surface area contributed by atoms with Gasteiger partial charge in [-0.05, 0) is 19.5 Å². The molecule has 0 aliphatic rings. The van der Waals surface area contributed by atoms with Gasteiger partial charge < -0.3 is 26.4 Å². The molecule has 6 N–H and O–H groups in total. The molecule has 0 rings (SSSR count). The van der Waals surface area contributed by atoms with E-state index in [4.69, 9.17) is 21.1 Å². The average molecular weight is 178 g/mol. The van der Waals surface area contributed by atoms with Crippen LogP contribution in [0.2, 0.25) is 0 Å². The lowest BCUT2D eigenvalue weighted by Crippen LogP contribution is -2.55. The van der Waals surface area contributed by atoms with Gasteiger partial charge in [0.2, 0.25) is 0 Å². The molecule has 5 nitrogen and oxygen atoms in total. The monoisotopic (exact) mass is 178 g/mol. The van der Waals surface area contributed by atoms with Crippen molar-refractivity contribution < 1.29 is 15.3 Å². The minimum atomic E-state index is -0.963. The van der Waals surface area contributed by atoms with Crippen molar-refractivity contribution in [3.8, 4) is 0 Å². The summed E-state index contributed by atoms with van der Waals surface area (Å²) in [7, 11) is 0. The van der Waals surface area contributed by atoms with Gasteiger partial charge in [0, 0.05) is 0 Å². The van der Waals surface area contributed by atoms with E-state index in [9.17, 15) is 0 Å². The summed E-state index contributed by atoms with van der Waals surface area (Å²) in [4.78, 5) is 0. The Kier molecular flexibility index (Phi) is 6.23. The van der Waals surface area contributed by atoms with Crippen molar-refractivity contribution in [2.24, 2.45) is 5.73 Å². The molecule has 5 heteroatoms. The predicted molar refractivity (Wildman–Crippen MR) is 45.7 cm³/mol. The van der Waals surface area contributed by atoms with E-state index in [0.29, 0.717) is 13.1 Å². The maximum atomic E-state index is 8.86. The number of nitrogens with two attached hydrogens (primary N) is 1. The first-order chi connectivity index (χ1) is 5.74. The van der Waals surface area contributed by atoms with Crippen LogP contribution >= 0.6 is 0 Å². The number of hydrogen-bond acceptors (Lipinski definition) is 5. The van der Waals surface area contributed by atoms with E-state index in [1.54, 1.807) is 0 Å². The first-order valence-corrected chi connectivity index (χ1v) is 4.02. The van der Waals surface area contributed by atoms with E-state index in [0.717, 1.165) is 6.42 Å².